The Morgan fingerprint density at radius 2 is 1.56 bits per heavy atom. The molecule has 0 bridgehead atoms. The summed E-state index contributed by atoms with van der Waals surface area (Å²) in [5, 5.41) is 20.9. The van der Waals surface area contributed by atoms with Gasteiger partial charge in [0.15, 0.2) is 5.78 Å². The van der Waals surface area contributed by atoms with Crippen molar-refractivity contribution >= 4 is 11.8 Å². The van der Waals surface area contributed by atoms with Gasteiger partial charge in [-0.05, 0) is 110 Å². The van der Waals surface area contributed by atoms with Crippen LogP contribution in [0.1, 0.15) is 106 Å². The molecule has 0 aliphatic heterocycles. The van der Waals surface area contributed by atoms with E-state index in [1.165, 1.54) is 5.57 Å². The second kappa shape index (κ2) is 6.99. The van der Waals surface area contributed by atoms with E-state index in [0.717, 1.165) is 51.4 Å². The molecule has 0 aromatic carbocycles. The molecule has 2 N–H and O–H groups in total. The van der Waals surface area contributed by atoms with E-state index in [-0.39, 0.29) is 50.8 Å². The number of carbonyl (C=O) groups is 2. The third-order valence-corrected chi connectivity index (χ3v) is 13.1. The summed E-state index contributed by atoms with van der Waals surface area (Å²) in [6.07, 6.45) is 9.95. The number of aliphatic carboxylic acids is 1. The predicted molar refractivity (Wildman–Crippen MR) is 133 cm³/mol. The van der Waals surface area contributed by atoms with Crippen molar-refractivity contribution in [2.45, 2.75) is 112 Å². The van der Waals surface area contributed by atoms with Crippen molar-refractivity contribution in [3.8, 4) is 0 Å². The first-order valence-corrected chi connectivity index (χ1v) is 13.7. The molecule has 5 rings (SSSR count). The second-order valence-corrected chi connectivity index (χ2v) is 14.9. The Hall–Kier alpha value is -1.16. The standard InChI is InChI=1S/C30H46O4/c1-25(2)21-8-11-30(7)23(28(21,5)10-9-22(25)32)20(31)16-18-19-17-27(4,24(33)34)13-12-26(19,3)14-15-29(18,30)6/h16,19,21-23,32H,8-15,17H2,1-7H3,(H,33,34)/t19-,21+,22+,23-,26-,27+,28+,29+,30-/m1/s1. The zero-order chi connectivity index (χ0) is 25.1. The van der Waals surface area contributed by atoms with Crippen molar-refractivity contribution in [3.63, 3.8) is 0 Å². The van der Waals surface area contributed by atoms with Crippen LogP contribution in [0.2, 0.25) is 0 Å². The molecule has 34 heavy (non-hydrogen) atoms. The first-order valence-electron chi connectivity index (χ1n) is 13.7. The maximum Gasteiger partial charge on any atom is 0.309 e. The van der Waals surface area contributed by atoms with Gasteiger partial charge in [0.2, 0.25) is 0 Å². The van der Waals surface area contributed by atoms with Crippen LogP contribution in [0.25, 0.3) is 0 Å². The number of rotatable bonds is 1. The van der Waals surface area contributed by atoms with Gasteiger partial charge in [-0.15, -0.1) is 0 Å². The van der Waals surface area contributed by atoms with Gasteiger partial charge in [-0.25, -0.2) is 0 Å². The minimum absolute atomic E-state index is 0.0296. The first kappa shape index (κ1) is 24.5. The quantitative estimate of drug-likeness (QED) is 0.464. The molecule has 4 heteroatoms. The van der Waals surface area contributed by atoms with Crippen LogP contribution in [-0.2, 0) is 9.59 Å². The van der Waals surface area contributed by atoms with Crippen LogP contribution in [0, 0.1) is 50.2 Å². The monoisotopic (exact) mass is 470 g/mol. The molecule has 5 aliphatic rings. The maximum absolute atomic E-state index is 14.2. The molecule has 5 aliphatic carbocycles. The molecule has 4 nitrogen and oxygen atoms in total. The highest BCUT2D eigenvalue weighted by molar-refractivity contribution is 5.95. The molecule has 0 amide bonds. The average Bonchev–Trinajstić information content (AvgIpc) is 2.73. The summed E-state index contributed by atoms with van der Waals surface area (Å²) in [6, 6.07) is 0. The van der Waals surface area contributed by atoms with Crippen LogP contribution in [-0.4, -0.2) is 28.1 Å². The minimum atomic E-state index is -0.711. The summed E-state index contributed by atoms with van der Waals surface area (Å²) in [5.41, 5.74) is 0.142. The van der Waals surface area contributed by atoms with E-state index in [2.05, 4.69) is 41.5 Å². The Kier molecular flexibility index (Phi) is 5.04. The van der Waals surface area contributed by atoms with Crippen molar-refractivity contribution in [2.75, 3.05) is 0 Å². The molecule has 0 radical (unpaired) electrons. The van der Waals surface area contributed by atoms with Crippen molar-refractivity contribution in [2.24, 2.45) is 50.2 Å². The smallest absolute Gasteiger partial charge is 0.309 e. The zero-order valence-electron chi connectivity index (χ0n) is 22.5. The average molecular weight is 471 g/mol. The van der Waals surface area contributed by atoms with Gasteiger partial charge in [-0.3, -0.25) is 9.59 Å². The number of aliphatic hydroxyl groups excluding tert-OH is 1. The molecule has 0 spiro atoms. The zero-order valence-corrected chi connectivity index (χ0v) is 22.5. The van der Waals surface area contributed by atoms with Gasteiger partial charge in [-0.2, -0.15) is 0 Å². The van der Waals surface area contributed by atoms with Crippen LogP contribution in [0.4, 0.5) is 0 Å². The number of hydrogen-bond donors (Lipinski definition) is 2. The predicted octanol–water partition coefficient (Wildman–Crippen LogP) is 6.41. The third-order valence-electron chi connectivity index (χ3n) is 13.1. The molecule has 4 fully saturated rings. The van der Waals surface area contributed by atoms with E-state index in [1.54, 1.807) is 0 Å². The van der Waals surface area contributed by atoms with Gasteiger partial charge in [0.25, 0.3) is 0 Å². The highest BCUT2D eigenvalue weighted by Crippen LogP contribution is 2.75. The lowest BCUT2D eigenvalue weighted by Crippen LogP contribution is -2.66. The molecule has 0 heterocycles. The molecule has 0 saturated heterocycles. The maximum atomic E-state index is 14.2. The summed E-state index contributed by atoms with van der Waals surface area (Å²) >= 11 is 0. The molecule has 0 aromatic rings. The number of ketones is 1. The van der Waals surface area contributed by atoms with Crippen LogP contribution >= 0.6 is 0 Å². The van der Waals surface area contributed by atoms with Gasteiger partial charge < -0.3 is 10.2 Å². The number of fused-ring (bicyclic) bond motifs is 7. The fourth-order valence-corrected chi connectivity index (χ4v) is 10.4. The van der Waals surface area contributed by atoms with Crippen molar-refractivity contribution in [3.05, 3.63) is 11.6 Å². The number of allylic oxidation sites excluding steroid dienone is 2. The lowest BCUT2D eigenvalue weighted by Gasteiger charge is -2.70. The summed E-state index contributed by atoms with van der Waals surface area (Å²) in [6.45, 7) is 15.8. The number of carbonyl (C=O) groups excluding carboxylic acids is 1. The highest BCUT2D eigenvalue weighted by atomic mass is 16.4. The van der Waals surface area contributed by atoms with Crippen LogP contribution in [0.5, 0.6) is 0 Å². The van der Waals surface area contributed by atoms with Crippen molar-refractivity contribution in [1.82, 2.24) is 0 Å². The molecule has 190 valence electrons. The van der Waals surface area contributed by atoms with Crippen molar-refractivity contribution in [1.29, 1.82) is 0 Å². The Morgan fingerprint density at radius 1 is 0.912 bits per heavy atom. The summed E-state index contributed by atoms with van der Waals surface area (Å²) < 4.78 is 0. The van der Waals surface area contributed by atoms with Gasteiger partial charge in [-0.1, -0.05) is 47.1 Å². The molecular formula is C30H46O4. The Bertz CT molecular complexity index is 965. The Labute approximate surface area is 206 Å². The summed E-state index contributed by atoms with van der Waals surface area (Å²) in [4.78, 5) is 26.4. The highest BCUT2D eigenvalue weighted by Gasteiger charge is 2.70. The number of aliphatic hydroxyl groups is 1. The lowest BCUT2D eigenvalue weighted by atomic mass is 9.33. The molecule has 0 aromatic heterocycles. The Morgan fingerprint density at radius 3 is 2.21 bits per heavy atom. The van der Waals surface area contributed by atoms with E-state index < -0.39 is 11.4 Å². The molecular weight excluding hydrogens is 424 g/mol. The minimum Gasteiger partial charge on any atom is -0.481 e. The third kappa shape index (κ3) is 2.81. The van der Waals surface area contributed by atoms with Gasteiger partial charge >= 0.3 is 5.97 Å². The summed E-state index contributed by atoms with van der Waals surface area (Å²) in [5.74, 6) is 0.0603. The molecule has 9 atom stereocenters. The topological polar surface area (TPSA) is 74.6 Å². The number of carboxylic acids is 1. The largest absolute Gasteiger partial charge is 0.481 e. The van der Waals surface area contributed by atoms with Crippen LogP contribution in [0.3, 0.4) is 0 Å². The number of hydrogen-bond acceptors (Lipinski definition) is 3. The first-order chi connectivity index (χ1) is 15.6. The van der Waals surface area contributed by atoms with E-state index in [1.807, 2.05) is 13.0 Å². The van der Waals surface area contributed by atoms with Gasteiger partial charge in [0.1, 0.15) is 0 Å². The second-order valence-electron chi connectivity index (χ2n) is 14.9. The van der Waals surface area contributed by atoms with Crippen LogP contribution < -0.4 is 0 Å². The molecule has 4 saturated carbocycles. The van der Waals surface area contributed by atoms with E-state index in [4.69, 9.17) is 0 Å². The Balaban J connectivity index is 1.62. The van der Waals surface area contributed by atoms with E-state index >= 15 is 0 Å². The summed E-state index contributed by atoms with van der Waals surface area (Å²) in [7, 11) is 0. The number of carboxylic acid groups (broad SMARTS) is 1. The van der Waals surface area contributed by atoms with Crippen LogP contribution in [0.15, 0.2) is 11.6 Å². The van der Waals surface area contributed by atoms with Gasteiger partial charge in [0.05, 0.1) is 11.5 Å². The van der Waals surface area contributed by atoms with E-state index in [0.29, 0.717) is 12.3 Å². The van der Waals surface area contributed by atoms with Crippen molar-refractivity contribution < 1.29 is 19.8 Å². The lowest BCUT2D eigenvalue weighted by molar-refractivity contribution is -0.202. The van der Waals surface area contributed by atoms with E-state index in [9.17, 15) is 19.8 Å². The molecule has 0 unspecified atom stereocenters. The fourth-order valence-electron chi connectivity index (χ4n) is 10.4. The fraction of sp³-hybridized carbons (Fsp3) is 0.867. The SMILES string of the molecule is CC1(C)[C@@H](O)CC[C@]2(C)[C@H]3C(=O)C=C4[C@H]5C[C@@](C)(C(=O)O)CC[C@]5(C)CC[C@]4(C)[C@]3(C)CC[C@@H]12. The normalized spacial score (nSPS) is 54.1. The van der Waals surface area contributed by atoms with Gasteiger partial charge in [0, 0.05) is 5.92 Å².